The minimum absolute atomic E-state index is 0. The molecule has 0 aliphatic carbocycles. The molecule has 2 aliphatic rings. The van der Waals surface area contributed by atoms with Crippen molar-refractivity contribution in [3.63, 3.8) is 0 Å². The molecule has 11 aromatic heterocycles. The first-order chi connectivity index (χ1) is 63.5. The van der Waals surface area contributed by atoms with Crippen LogP contribution < -0.4 is 9.97 Å². The molecule has 0 fully saturated rings. The zero-order valence-corrected chi connectivity index (χ0v) is 69.3. The first-order valence-electron chi connectivity index (χ1n) is 43.1. The van der Waals surface area contributed by atoms with Crippen molar-refractivity contribution in [1.82, 2.24) is 76.4 Å². The molecular weight excluding hydrogens is 1630 g/mol. The van der Waals surface area contributed by atoms with Crippen LogP contribution in [-0.2, 0) is 17.1 Å². The molecule has 2 aliphatic heterocycles. The van der Waals surface area contributed by atoms with Gasteiger partial charge in [0.1, 0.15) is 0 Å². The molecule has 0 N–H and O–H groups in total. The maximum atomic E-state index is 6.39. The SMILES string of the molecule is [Cu+2].c1ccc2c(c1)ccn2-c1c2c(c(-n3ccc4ccccc43)c3ccccc13)-c1nc-2nc2[n-]c(nc3nc(nc4[n-]c(n1)c1c(-n5ccc6ccccc65)c5ccccc5c(-n5ccc6ccccc65)c41)-c1c-3c(-n3ccc4ccccc43)c3ccccc3c1-n1ccc3ccccc31)c1c(-n3ccc4ccccc43)c3ccccc3c(-n3ccc4ccccc43)c21. The first kappa shape index (κ1) is 71.2. The average Bonchev–Trinajstić information content (AvgIpc) is 1.52. The molecule has 16 nitrogen and oxygen atoms in total. The van der Waals surface area contributed by atoms with Crippen LogP contribution in [0, 0.1) is 0 Å². The van der Waals surface area contributed by atoms with Crippen LogP contribution in [0.1, 0.15) is 0 Å². The second-order valence-corrected chi connectivity index (χ2v) is 33.4. The van der Waals surface area contributed by atoms with E-state index >= 15 is 0 Å². The number of nitrogens with zero attached hydrogens (tertiary/aromatic N) is 16. The number of hydrogen-bond donors (Lipinski definition) is 0. The number of aromatic nitrogens is 16. The molecule has 129 heavy (non-hydrogen) atoms. The van der Waals surface area contributed by atoms with Crippen molar-refractivity contribution in [3.8, 4) is 91.1 Å². The monoisotopic (exact) mass is 1700 g/mol. The van der Waals surface area contributed by atoms with Crippen molar-refractivity contribution in [2.45, 2.75) is 0 Å². The smallest absolute Gasteiger partial charge is 0.357 e. The van der Waals surface area contributed by atoms with Gasteiger partial charge in [0.15, 0.2) is 0 Å². The van der Waals surface area contributed by atoms with Crippen molar-refractivity contribution in [1.29, 1.82) is 0 Å². The predicted octanol–water partition coefficient (Wildman–Crippen LogP) is 26.3. The number of benzene rings is 16. The Balaban J connectivity index is 0.00000839. The molecule has 0 atom stereocenters. The topological polar surface area (TPSA) is 145 Å². The number of para-hydroxylation sites is 8. The second-order valence-electron chi connectivity index (χ2n) is 33.4. The summed E-state index contributed by atoms with van der Waals surface area (Å²) in [7, 11) is 0. The van der Waals surface area contributed by atoms with Crippen molar-refractivity contribution in [3.05, 3.63) is 389 Å². The number of fused-ring (bicyclic) bond motifs is 32. The van der Waals surface area contributed by atoms with E-state index < -0.39 is 0 Å². The van der Waals surface area contributed by atoms with E-state index in [9.17, 15) is 0 Å². The van der Waals surface area contributed by atoms with E-state index in [-0.39, 0.29) is 17.1 Å². The Morgan fingerprint density at radius 2 is 0.302 bits per heavy atom. The minimum atomic E-state index is 0. The summed E-state index contributed by atoms with van der Waals surface area (Å²) in [6.07, 6.45) is 17.5. The van der Waals surface area contributed by atoms with Crippen LogP contribution >= 0.6 is 0 Å². The summed E-state index contributed by atoms with van der Waals surface area (Å²) < 4.78 is 18.6. The Hall–Kier alpha value is -17.2. The van der Waals surface area contributed by atoms with Crippen LogP contribution in [0.2, 0.25) is 0 Å². The molecule has 0 unspecified atom stereocenters. The summed E-state index contributed by atoms with van der Waals surface area (Å²) in [5.74, 6) is 1.48. The predicted molar refractivity (Wildman–Crippen MR) is 519 cm³/mol. The van der Waals surface area contributed by atoms with Gasteiger partial charge in [-0.25, -0.2) is 9.97 Å². The van der Waals surface area contributed by atoms with Crippen LogP contribution in [0.4, 0.5) is 0 Å². The summed E-state index contributed by atoms with van der Waals surface area (Å²) in [5, 5.41) is 19.1. The van der Waals surface area contributed by atoms with E-state index in [0.29, 0.717) is 45.9 Å². The summed E-state index contributed by atoms with van der Waals surface area (Å²) in [4.78, 5) is 50.5. The van der Waals surface area contributed by atoms with Crippen LogP contribution in [0.5, 0.6) is 0 Å². The maximum absolute atomic E-state index is 6.39. The Kier molecular flexibility index (Phi) is 14.8. The molecule has 0 saturated heterocycles. The zero-order valence-electron chi connectivity index (χ0n) is 68.4. The van der Waals surface area contributed by atoms with Gasteiger partial charge in [-0.05, 0) is 140 Å². The first-order valence-corrected chi connectivity index (χ1v) is 43.1. The summed E-state index contributed by atoms with van der Waals surface area (Å²) >= 11 is 0. The van der Waals surface area contributed by atoms with Gasteiger partial charge in [-0.1, -0.05) is 243 Å². The van der Waals surface area contributed by atoms with Crippen LogP contribution in [0.25, 0.3) is 265 Å². The van der Waals surface area contributed by atoms with Gasteiger partial charge in [-0.15, -0.1) is 0 Å². The maximum Gasteiger partial charge on any atom is 2.00 e. The van der Waals surface area contributed by atoms with E-state index in [2.05, 4.69) is 426 Å². The second kappa shape index (κ2) is 26.9. The van der Waals surface area contributed by atoms with Gasteiger partial charge in [0, 0.05) is 159 Å². The summed E-state index contributed by atoms with van der Waals surface area (Å²) in [6.45, 7) is 0. The largest absolute Gasteiger partial charge is 2.00 e. The molecule has 603 valence electrons. The average molecular weight is 1700 g/mol. The van der Waals surface area contributed by atoms with Gasteiger partial charge in [0.2, 0.25) is 0 Å². The summed E-state index contributed by atoms with van der Waals surface area (Å²) in [5.41, 5.74) is 19.2. The molecule has 16 aromatic carbocycles. The fourth-order valence-electron chi connectivity index (χ4n) is 21.5. The quantitative estimate of drug-likeness (QED) is 0.137. The molecule has 29 rings (SSSR count). The standard InChI is InChI=1S/C112H64N16.Cu/c1-17-41-81-65(25-1)49-57-121(81)97-73-33-9-10-34-74(73)98(122-58-50-66-26-2-18-42-82(66)122)90-89(97)105-113-106(90)118-108-93-94(102(126-62-54-70-30-6-22-46-86(70)126)78-38-14-13-37-77(78)101(93)125-61-53-69-29-5-21-45-85(69)125)110(115-108)120-112-96-95(103(127-63-55-71-31-7-23-47-87(71)127)79-39-15-16-40-80(79)104(96)128-64-56-72-32-8-24-48-88(72)128)111(116-112)119-109-92-91(107(114-109)117-105)99(123-59-51-67-27-3-19-43-83(67)123)75-35-11-12-36-76(75)100(92)124-60-52-68-28-4-20-44-84(68)124;/h1-64H;/q-2;+2. The van der Waals surface area contributed by atoms with E-state index in [4.69, 9.17) is 39.9 Å². The van der Waals surface area contributed by atoms with Crippen molar-refractivity contribution in [2.24, 2.45) is 0 Å². The number of rotatable bonds is 8. The molecule has 0 saturated carbocycles. The van der Waals surface area contributed by atoms with Gasteiger partial charge < -0.3 is 66.4 Å². The van der Waals surface area contributed by atoms with Crippen molar-refractivity contribution < 1.29 is 17.1 Å². The Morgan fingerprint density at radius 3 is 0.481 bits per heavy atom. The number of hydrogen-bond acceptors (Lipinski definition) is 6. The van der Waals surface area contributed by atoms with E-state index in [1.165, 1.54) is 0 Å². The third kappa shape index (κ3) is 9.96. The van der Waals surface area contributed by atoms with Gasteiger partial charge in [0.05, 0.1) is 113 Å². The van der Waals surface area contributed by atoms with E-state index in [1.54, 1.807) is 0 Å². The fraction of sp³-hybridized carbons (Fsp3) is 0. The van der Waals surface area contributed by atoms with Crippen molar-refractivity contribution >= 4 is 174 Å². The van der Waals surface area contributed by atoms with Gasteiger partial charge in [0.25, 0.3) is 0 Å². The minimum Gasteiger partial charge on any atom is -0.357 e. The van der Waals surface area contributed by atoms with Crippen molar-refractivity contribution in [2.75, 3.05) is 0 Å². The van der Waals surface area contributed by atoms with Crippen LogP contribution in [0.3, 0.4) is 0 Å². The molecule has 8 bridgehead atoms. The Labute approximate surface area is 743 Å². The molecule has 0 amide bonds. The molecule has 13 heterocycles. The molecule has 1 radical (unpaired) electrons. The van der Waals surface area contributed by atoms with Crippen LogP contribution in [-0.4, -0.2) is 66.4 Å². The molecule has 27 aromatic rings. The van der Waals surface area contributed by atoms with Crippen LogP contribution in [0.15, 0.2) is 389 Å². The normalized spacial score (nSPS) is 12.3. The molecule has 0 spiro atoms. The van der Waals surface area contributed by atoms with E-state index in [1.807, 2.05) is 0 Å². The zero-order chi connectivity index (χ0) is 83.2. The molecule has 17 heteroatoms. The third-order valence-corrected chi connectivity index (χ3v) is 26.8. The van der Waals surface area contributed by atoms with Gasteiger partial charge in [-0.2, -0.15) is 0 Å². The molecular formula is C112H64CuN16. The third-order valence-electron chi connectivity index (χ3n) is 26.8. The fourth-order valence-corrected chi connectivity index (χ4v) is 21.5. The van der Waals surface area contributed by atoms with Gasteiger partial charge >= 0.3 is 17.1 Å². The van der Waals surface area contributed by atoms with Gasteiger partial charge in [-0.3, -0.25) is 0 Å². The Morgan fingerprint density at radius 1 is 0.155 bits per heavy atom. The van der Waals surface area contributed by atoms with E-state index in [0.717, 1.165) is 220 Å². The summed E-state index contributed by atoms with van der Waals surface area (Å²) in [6, 6.07) is 121. The Bertz CT molecular complexity index is 8690.